The predicted molar refractivity (Wildman–Crippen MR) is 31.1 cm³/mol. The first kappa shape index (κ1) is 15.7. The van der Waals surface area contributed by atoms with Gasteiger partial charge in [-0.15, -0.1) is 12.4 Å². The molecule has 0 aromatic heterocycles. The zero-order valence-corrected chi connectivity index (χ0v) is 5.72. The van der Waals surface area contributed by atoms with Crippen LogP contribution in [-0.4, -0.2) is 27.5 Å². The fourth-order valence-electron chi connectivity index (χ4n) is 0. The van der Waals surface area contributed by atoms with Crippen LogP contribution in [0.2, 0.25) is 0 Å². The molecule has 0 radical (unpaired) electrons. The molecule has 0 heterocycles. The Balaban J connectivity index is -0.0000000750. The molecule has 0 aromatic carbocycles. The van der Waals surface area contributed by atoms with E-state index in [9.17, 15) is 0 Å². The highest BCUT2D eigenvalue weighted by Gasteiger charge is 1.78. The number of nitrogens with zero attached hydrogens (tertiary/aromatic N) is 1. The second kappa shape index (κ2) is 15.7. The fourth-order valence-corrected chi connectivity index (χ4v) is 0. The average molecular weight is 146 g/mol. The van der Waals surface area contributed by atoms with E-state index in [0.29, 0.717) is 0 Å². The lowest BCUT2D eigenvalue weighted by atomic mass is 11.0. The molecule has 3 N–H and O–H groups in total. The monoisotopic (exact) mass is 145 g/mol. The van der Waals surface area contributed by atoms with E-state index in [1.54, 1.807) is 0 Å². The van der Waals surface area contributed by atoms with Gasteiger partial charge in [-0.1, -0.05) is 13.8 Å². The largest absolute Gasteiger partial charge is 0.376 e. The van der Waals surface area contributed by atoms with E-state index in [2.05, 4.69) is 0 Å². The molecule has 0 amide bonds. The molecule has 0 aromatic rings. The molecule has 0 rings (SSSR count). The van der Waals surface area contributed by atoms with Crippen LogP contribution in [0.4, 0.5) is 0 Å². The van der Waals surface area contributed by atoms with Gasteiger partial charge in [0.2, 0.25) is 0 Å². The first-order chi connectivity index (χ1) is 3.27. The number of aliphatic hydroxyl groups excluding tert-OH is 1. The Morgan fingerprint density at radius 1 is 1.25 bits per heavy atom. The third kappa shape index (κ3) is 35.6. The molecular formula is C3H12ClNO3. The van der Waals surface area contributed by atoms with Crippen molar-refractivity contribution >= 4 is 12.4 Å². The Morgan fingerprint density at radius 3 is 1.38 bits per heavy atom. The molecule has 0 spiro atoms. The minimum Gasteiger partial charge on any atom is -0.376 e. The smallest absolute Gasteiger partial charge is 0.146 e. The number of hydrogen-bond donors (Lipinski definition) is 3. The van der Waals surface area contributed by atoms with Crippen molar-refractivity contribution in [2.75, 3.05) is 6.73 Å². The number of aliphatic hydroxyl groups is 1. The number of rotatable bonds is 1. The Labute approximate surface area is 54.7 Å². The molecule has 5 heteroatoms. The lowest BCUT2D eigenvalue weighted by molar-refractivity contribution is -0.335. The molecule has 4 nitrogen and oxygen atoms in total. The van der Waals surface area contributed by atoms with Gasteiger partial charge in [0.1, 0.15) is 6.73 Å². The molecule has 54 valence electrons. The topological polar surface area (TPSA) is 63.9 Å². The van der Waals surface area contributed by atoms with Gasteiger partial charge in [0, 0.05) is 0 Å². The van der Waals surface area contributed by atoms with E-state index in [4.69, 9.17) is 15.5 Å². The predicted octanol–water partition coefficient (Wildman–Crippen LogP) is 0.465. The quantitative estimate of drug-likeness (QED) is 0.371. The summed E-state index contributed by atoms with van der Waals surface area (Å²) in [6, 6.07) is 0. The minimum atomic E-state index is -0.750. The van der Waals surface area contributed by atoms with E-state index in [1.165, 1.54) is 0 Å². The summed E-state index contributed by atoms with van der Waals surface area (Å²) in [5.74, 6) is 0. The molecule has 8 heavy (non-hydrogen) atoms. The van der Waals surface area contributed by atoms with Crippen molar-refractivity contribution in [3.8, 4) is 0 Å². The molecule has 0 saturated carbocycles. The van der Waals surface area contributed by atoms with E-state index >= 15 is 0 Å². The standard InChI is InChI=1S/C2H6.CH5NO3.ClH/c1-2;3-1-2(4)5;/h1-2H3;3-5H,1H2;1H. The molecule has 0 bridgehead atoms. The highest BCUT2D eigenvalue weighted by Crippen LogP contribution is 1.57. The molecule has 0 atom stereocenters. The van der Waals surface area contributed by atoms with Crippen LogP contribution in [0, 0.1) is 0 Å². The minimum absolute atomic E-state index is 0. The Hall–Kier alpha value is 0.130. The molecule has 0 aliphatic heterocycles. The second-order valence-corrected chi connectivity index (χ2v) is 0.514. The van der Waals surface area contributed by atoms with Crippen molar-refractivity contribution < 1.29 is 15.5 Å². The van der Waals surface area contributed by atoms with Crippen LogP contribution in [0.1, 0.15) is 13.8 Å². The van der Waals surface area contributed by atoms with Gasteiger partial charge in [0.25, 0.3) is 0 Å². The fraction of sp³-hybridized carbons (Fsp3) is 1.00. The maximum Gasteiger partial charge on any atom is 0.146 e. The van der Waals surface area contributed by atoms with Crippen molar-refractivity contribution in [1.82, 2.24) is 5.23 Å². The van der Waals surface area contributed by atoms with Gasteiger partial charge in [0.05, 0.1) is 0 Å². The van der Waals surface area contributed by atoms with Gasteiger partial charge >= 0.3 is 0 Å². The van der Waals surface area contributed by atoms with Crippen LogP contribution in [0.25, 0.3) is 0 Å². The molecular weight excluding hydrogens is 133 g/mol. The first-order valence-electron chi connectivity index (χ1n) is 2.03. The first-order valence-corrected chi connectivity index (χ1v) is 2.03. The van der Waals surface area contributed by atoms with Gasteiger partial charge in [-0.05, 0) is 5.23 Å². The summed E-state index contributed by atoms with van der Waals surface area (Å²) in [5, 5.41) is 22.2. The number of hydroxylamine groups is 2. The van der Waals surface area contributed by atoms with Gasteiger partial charge in [-0.2, -0.15) is 0 Å². The molecule has 0 saturated heterocycles. The highest BCUT2D eigenvalue weighted by molar-refractivity contribution is 5.85. The van der Waals surface area contributed by atoms with Crippen LogP contribution in [0.3, 0.4) is 0 Å². The van der Waals surface area contributed by atoms with Crippen LogP contribution >= 0.6 is 12.4 Å². The summed E-state index contributed by atoms with van der Waals surface area (Å²) >= 11 is 0. The third-order valence-electron chi connectivity index (χ3n) is 0.126. The summed E-state index contributed by atoms with van der Waals surface area (Å²) < 4.78 is 0. The Bertz CT molecular complexity index is 28.5. The van der Waals surface area contributed by atoms with Gasteiger partial charge in [-0.25, -0.2) is 0 Å². The van der Waals surface area contributed by atoms with E-state index < -0.39 is 6.73 Å². The van der Waals surface area contributed by atoms with Gasteiger partial charge in [0.15, 0.2) is 0 Å². The highest BCUT2D eigenvalue weighted by atomic mass is 35.5. The summed E-state index contributed by atoms with van der Waals surface area (Å²) in [6.07, 6.45) is 0. The van der Waals surface area contributed by atoms with E-state index in [1.807, 2.05) is 13.8 Å². The van der Waals surface area contributed by atoms with Crippen LogP contribution in [-0.2, 0) is 0 Å². The summed E-state index contributed by atoms with van der Waals surface area (Å²) in [6.45, 7) is 3.25. The summed E-state index contributed by atoms with van der Waals surface area (Å²) in [7, 11) is 0. The average Bonchev–Trinajstić information content (AvgIpc) is 1.73. The number of halogens is 1. The normalized spacial score (nSPS) is 6.75. The molecule has 0 aliphatic carbocycles. The summed E-state index contributed by atoms with van der Waals surface area (Å²) in [4.78, 5) is 0. The summed E-state index contributed by atoms with van der Waals surface area (Å²) in [5.41, 5.74) is 0. The Kier molecular flexibility index (Phi) is 30.8. The molecule has 0 fully saturated rings. The van der Waals surface area contributed by atoms with Gasteiger partial charge < -0.3 is 5.11 Å². The maximum absolute atomic E-state index is 7.57. The van der Waals surface area contributed by atoms with Crippen LogP contribution in [0.15, 0.2) is 0 Å². The maximum atomic E-state index is 7.57. The zero-order valence-electron chi connectivity index (χ0n) is 4.90. The number of hydrogen-bond acceptors (Lipinski definition) is 4. The Morgan fingerprint density at radius 2 is 1.38 bits per heavy atom. The lowest BCUT2D eigenvalue weighted by Gasteiger charge is -1.94. The zero-order chi connectivity index (χ0) is 6.28. The van der Waals surface area contributed by atoms with E-state index in [0.717, 1.165) is 0 Å². The van der Waals surface area contributed by atoms with Crippen molar-refractivity contribution in [3.05, 3.63) is 0 Å². The van der Waals surface area contributed by atoms with Crippen molar-refractivity contribution in [2.24, 2.45) is 0 Å². The third-order valence-corrected chi connectivity index (χ3v) is 0.126. The van der Waals surface area contributed by atoms with Crippen LogP contribution in [0.5, 0.6) is 0 Å². The van der Waals surface area contributed by atoms with Crippen LogP contribution < -0.4 is 0 Å². The lowest BCUT2D eigenvalue weighted by Crippen LogP contribution is -2.13. The van der Waals surface area contributed by atoms with Crippen molar-refractivity contribution in [2.45, 2.75) is 13.8 Å². The van der Waals surface area contributed by atoms with Gasteiger partial charge in [-0.3, -0.25) is 10.4 Å². The van der Waals surface area contributed by atoms with Crippen molar-refractivity contribution in [3.63, 3.8) is 0 Å². The molecule has 0 unspecified atom stereocenters. The van der Waals surface area contributed by atoms with E-state index in [-0.39, 0.29) is 17.6 Å². The molecule has 0 aliphatic rings. The second-order valence-electron chi connectivity index (χ2n) is 0.514. The SMILES string of the molecule is CC.Cl.OCN(O)O. The van der Waals surface area contributed by atoms with Crippen molar-refractivity contribution in [1.29, 1.82) is 0 Å².